The van der Waals surface area contributed by atoms with E-state index in [0.29, 0.717) is 17.6 Å². The highest BCUT2D eigenvalue weighted by Crippen LogP contribution is 2.42. The largest absolute Gasteiger partial charge is 0.278 e. The first kappa shape index (κ1) is 25.4. The van der Waals surface area contributed by atoms with E-state index >= 15 is 0 Å². The monoisotopic (exact) mass is 604 g/mol. The van der Waals surface area contributed by atoms with Crippen LogP contribution >= 0.6 is 11.3 Å². The third-order valence-corrected chi connectivity index (χ3v) is 10.2. The molecule has 3 aromatic heterocycles. The maximum absolute atomic E-state index is 5.31. The summed E-state index contributed by atoms with van der Waals surface area (Å²) in [5.41, 5.74) is 4.10. The van der Waals surface area contributed by atoms with Crippen LogP contribution in [0.2, 0.25) is 0 Å². The second-order valence-electron chi connectivity index (χ2n) is 11.6. The van der Waals surface area contributed by atoms with Crippen LogP contribution < -0.4 is 0 Å². The molecule has 10 rings (SSSR count). The Balaban J connectivity index is 1.36. The quantitative estimate of drug-likeness (QED) is 0.201. The van der Waals surface area contributed by atoms with Crippen LogP contribution in [-0.4, -0.2) is 19.5 Å². The summed E-state index contributed by atoms with van der Waals surface area (Å²) in [4.78, 5) is 15.7. The van der Waals surface area contributed by atoms with Crippen LogP contribution in [0.5, 0.6) is 0 Å². The summed E-state index contributed by atoms with van der Waals surface area (Å²) < 4.78 is 4.70. The standard InChI is InChI=1S/C41H24N4S/c1-2-13-27(14-3-1)39-42-40(31-18-10-20-35-36(31)30-17-8-9-19-34(30)46-35)44-41(43-39)45-32-23-21-25-11-4-6-15-28(25)37(32)38-29-16-7-5-12-26(29)22-24-33(38)45/h1-24H. The van der Waals surface area contributed by atoms with Crippen LogP contribution in [-0.2, 0) is 0 Å². The third-order valence-electron chi connectivity index (χ3n) is 9.04. The van der Waals surface area contributed by atoms with Gasteiger partial charge in [-0.25, -0.2) is 4.98 Å². The number of nitrogens with zero attached hydrogens (tertiary/aromatic N) is 4. The molecule has 3 heterocycles. The molecule has 0 amide bonds. The van der Waals surface area contributed by atoms with Crippen molar-refractivity contribution in [2.24, 2.45) is 0 Å². The van der Waals surface area contributed by atoms with Crippen LogP contribution in [0.4, 0.5) is 0 Å². The molecule has 214 valence electrons. The maximum atomic E-state index is 5.31. The van der Waals surface area contributed by atoms with Gasteiger partial charge in [-0.3, -0.25) is 4.57 Å². The lowest BCUT2D eigenvalue weighted by Gasteiger charge is -2.12. The zero-order valence-corrected chi connectivity index (χ0v) is 25.4. The van der Waals surface area contributed by atoms with Crippen molar-refractivity contribution in [3.8, 4) is 28.7 Å². The first-order chi connectivity index (χ1) is 22.8. The van der Waals surface area contributed by atoms with E-state index in [1.165, 1.54) is 52.5 Å². The lowest BCUT2D eigenvalue weighted by molar-refractivity contribution is 0.955. The van der Waals surface area contributed by atoms with Gasteiger partial charge in [0, 0.05) is 42.1 Å². The average Bonchev–Trinajstić information content (AvgIpc) is 3.68. The number of aromatic nitrogens is 4. The van der Waals surface area contributed by atoms with Gasteiger partial charge in [-0.1, -0.05) is 121 Å². The van der Waals surface area contributed by atoms with Crippen LogP contribution in [0.15, 0.2) is 146 Å². The summed E-state index contributed by atoms with van der Waals surface area (Å²) >= 11 is 1.80. The first-order valence-corrected chi connectivity index (χ1v) is 16.2. The van der Waals surface area contributed by atoms with Crippen molar-refractivity contribution in [2.75, 3.05) is 0 Å². The van der Waals surface area contributed by atoms with Gasteiger partial charge in [0.2, 0.25) is 5.95 Å². The molecule has 0 saturated heterocycles. The molecule has 0 aliphatic carbocycles. The van der Waals surface area contributed by atoms with E-state index in [4.69, 9.17) is 15.0 Å². The molecule has 0 aliphatic heterocycles. The van der Waals surface area contributed by atoms with Gasteiger partial charge in [-0.15, -0.1) is 11.3 Å². The van der Waals surface area contributed by atoms with Crippen LogP contribution in [0.3, 0.4) is 0 Å². The number of thiophene rings is 1. The van der Waals surface area contributed by atoms with Crippen molar-refractivity contribution < 1.29 is 0 Å². The fourth-order valence-corrected chi connectivity index (χ4v) is 8.16. The normalized spacial score (nSPS) is 11.9. The minimum Gasteiger partial charge on any atom is -0.278 e. The zero-order valence-electron chi connectivity index (χ0n) is 24.6. The Labute approximate surface area is 267 Å². The summed E-state index contributed by atoms with van der Waals surface area (Å²) in [5, 5.41) is 9.66. The third kappa shape index (κ3) is 3.69. The van der Waals surface area contributed by atoms with Gasteiger partial charge < -0.3 is 0 Å². The molecule has 4 nitrogen and oxygen atoms in total. The van der Waals surface area contributed by atoms with Gasteiger partial charge in [0.25, 0.3) is 0 Å². The predicted octanol–water partition coefficient (Wildman–Crippen LogP) is 11.0. The molecule has 0 spiro atoms. The van der Waals surface area contributed by atoms with E-state index in [1.807, 2.05) is 18.2 Å². The lowest BCUT2D eigenvalue weighted by Crippen LogP contribution is -2.06. The molecule has 0 radical (unpaired) electrons. The number of hydrogen-bond donors (Lipinski definition) is 0. The molecule has 0 fully saturated rings. The minimum absolute atomic E-state index is 0.603. The number of fused-ring (bicyclic) bond motifs is 10. The molecular formula is C41H24N4S. The van der Waals surface area contributed by atoms with E-state index < -0.39 is 0 Å². The molecule has 0 unspecified atom stereocenters. The van der Waals surface area contributed by atoms with E-state index in [-0.39, 0.29) is 0 Å². The van der Waals surface area contributed by atoms with Crippen molar-refractivity contribution in [1.29, 1.82) is 0 Å². The molecule has 0 atom stereocenters. The second-order valence-corrected chi connectivity index (χ2v) is 12.7. The molecule has 0 N–H and O–H groups in total. The molecular weight excluding hydrogens is 581 g/mol. The summed E-state index contributed by atoms with van der Waals surface area (Å²) in [6.45, 7) is 0. The summed E-state index contributed by atoms with van der Waals surface area (Å²) in [5.74, 6) is 1.91. The maximum Gasteiger partial charge on any atom is 0.238 e. The number of rotatable bonds is 3. The van der Waals surface area contributed by atoms with Crippen molar-refractivity contribution >= 4 is 74.9 Å². The molecule has 7 aromatic carbocycles. The fourth-order valence-electron chi connectivity index (χ4n) is 7.03. The minimum atomic E-state index is 0.603. The van der Waals surface area contributed by atoms with E-state index in [9.17, 15) is 0 Å². The van der Waals surface area contributed by atoms with Gasteiger partial charge in [-0.2, -0.15) is 9.97 Å². The summed E-state index contributed by atoms with van der Waals surface area (Å²) in [6.07, 6.45) is 0. The molecule has 5 heteroatoms. The topological polar surface area (TPSA) is 43.6 Å². The zero-order chi connectivity index (χ0) is 30.2. The van der Waals surface area contributed by atoms with Crippen LogP contribution in [0.1, 0.15) is 0 Å². The molecule has 0 bridgehead atoms. The highest BCUT2D eigenvalue weighted by molar-refractivity contribution is 7.25. The Morgan fingerprint density at radius 3 is 1.72 bits per heavy atom. The van der Waals surface area contributed by atoms with Crippen LogP contribution in [0.25, 0.3) is 92.2 Å². The van der Waals surface area contributed by atoms with E-state index in [0.717, 1.165) is 22.2 Å². The van der Waals surface area contributed by atoms with Crippen molar-refractivity contribution in [3.05, 3.63) is 146 Å². The second kappa shape index (κ2) is 9.80. The van der Waals surface area contributed by atoms with Gasteiger partial charge in [0.15, 0.2) is 11.6 Å². The Morgan fingerprint density at radius 2 is 1.00 bits per heavy atom. The fraction of sp³-hybridized carbons (Fsp3) is 0. The predicted molar refractivity (Wildman–Crippen MR) is 193 cm³/mol. The van der Waals surface area contributed by atoms with Gasteiger partial charge in [-0.05, 0) is 45.8 Å². The lowest BCUT2D eigenvalue weighted by atomic mass is 10.00. The molecule has 10 aromatic rings. The average molecular weight is 605 g/mol. The Morgan fingerprint density at radius 1 is 0.413 bits per heavy atom. The molecule has 0 aliphatic rings. The Kier molecular flexibility index (Phi) is 5.41. The van der Waals surface area contributed by atoms with Crippen molar-refractivity contribution in [3.63, 3.8) is 0 Å². The van der Waals surface area contributed by atoms with E-state index in [1.54, 1.807) is 11.3 Å². The first-order valence-electron chi connectivity index (χ1n) is 15.4. The molecule has 46 heavy (non-hydrogen) atoms. The van der Waals surface area contributed by atoms with E-state index in [2.05, 4.69) is 132 Å². The Hall–Kier alpha value is -5.91. The highest BCUT2D eigenvalue weighted by Gasteiger charge is 2.21. The Bertz CT molecular complexity index is 2720. The SMILES string of the molecule is c1ccc(-c2nc(-c3cccc4sc5ccccc5c34)nc(-n3c4ccc5ccccc5c4c4c5ccccc5ccc43)n2)cc1. The van der Waals surface area contributed by atoms with Crippen molar-refractivity contribution in [2.45, 2.75) is 0 Å². The summed E-state index contributed by atoms with van der Waals surface area (Å²) in [6, 6.07) is 51.3. The van der Waals surface area contributed by atoms with Gasteiger partial charge >= 0.3 is 0 Å². The van der Waals surface area contributed by atoms with Gasteiger partial charge in [0.1, 0.15) is 0 Å². The van der Waals surface area contributed by atoms with Crippen LogP contribution in [0, 0.1) is 0 Å². The summed E-state index contributed by atoms with van der Waals surface area (Å²) in [7, 11) is 0. The smallest absolute Gasteiger partial charge is 0.238 e. The highest BCUT2D eigenvalue weighted by atomic mass is 32.1. The molecule has 0 saturated carbocycles. The number of benzene rings is 7. The van der Waals surface area contributed by atoms with Crippen molar-refractivity contribution in [1.82, 2.24) is 19.5 Å². The number of hydrogen-bond acceptors (Lipinski definition) is 4. The van der Waals surface area contributed by atoms with Gasteiger partial charge in [0.05, 0.1) is 11.0 Å².